The first-order valence-corrected chi connectivity index (χ1v) is 2.89. The third-order valence-electron chi connectivity index (χ3n) is 0.713. The summed E-state index contributed by atoms with van der Waals surface area (Å²) in [7, 11) is 0. The molecule has 0 aromatic heterocycles. The topological polar surface area (TPSA) is 0 Å². The van der Waals surface area contributed by atoms with Crippen LogP contribution in [0.3, 0.4) is 0 Å². The van der Waals surface area contributed by atoms with Crippen molar-refractivity contribution in [1.29, 1.82) is 0 Å². The first-order valence-electron chi connectivity index (χ1n) is 1.90. The summed E-state index contributed by atoms with van der Waals surface area (Å²) in [5, 5.41) is 0. The van der Waals surface area contributed by atoms with Crippen molar-refractivity contribution in [1.82, 2.24) is 0 Å². The van der Waals surface area contributed by atoms with E-state index in [9.17, 15) is 0 Å². The van der Waals surface area contributed by atoms with Gasteiger partial charge in [-0.15, -0.1) is 0 Å². The van der Waals surface area contributed by atoms with Gasteiger partial charge in [-0.25, -0.2) is 0 Å². The van der Waals surface area contributed by atoms with Crippen molar-refractivity contribution >= 4 is 16.0 Å². The summed E-state index contributed by atoms with van der Waals surface area (Å²) in [4.78, 5) is 0.560. The van der Waals surface area contributed by atoms with E-state index in [1.54, 1.807) is 0 Å². The van der Waals surface area contributed by atoms with Crippen LogP contribution in [0.15, 0.2) is 24.3 Å². The van der Waals surface area contributed by atoms with Gasteiger partial charge < -0.3 is 0 Å². The van der Waals surface area contributed by atoms with Gasteiger partial charge in [-0.3, -0.25) is 0 Å². The summed E-state index contributed by atoms with van der Waals surface area (Å²) in [5.41, 5.74) is 0. The molecule has 0 aliphatic heterocycles. The van der Waals surface area contributed by atoms with Crippen LogP contribution in [0.5, 0.6) is 0 Å². The SMILES string of the molecule is [Li+].[Se-]C1C=CC=C1. The van der Waals surface area contributed by atoms with Crippen LogP contribution in [0, 0.1) is 0 Å². The van der Waals surface area contributed by atoms with E-state index in [2.05, 4.69) is 28.2 Å². The molecule has 1 aliphatic rings. The van der Waals surface area contributed by atoms with Gasteiger partial charge in [0.25, 0.3) is 0 Å². The van der Waals surface area contributed by atoms with E-state index in [1.165, 1.54) is 0 Å². The minimum atomic E-state index is 0. The number of hydrogen-bond donors (Lipinski definition) is 0. The van der Waals surface area contributed by atoms with Gasteiger partial charge in [0, 0.05) is 0 Å². The Hall–Kier alpha value is 0.597. The number of hydrogen-bond acceptors (Lipinski definition) is 0. The standard InChI is InChI=1S/C5H6Se.Li/c6-5-3-1-2-4-5;/h1-6H;/q;+1/p-1. The van der Waals surface area contributed by atoms with Crippen LogP contribution in [0.1, 0.15) is 0 Å². The van der Waals surface area contributed by atoms with Crippen molar-refractivity contribution in [3.8, 4) is 0 Å². The third kappa shape index (κ3) is 2.42. The summed E-state index contributed by atoms with van der Waals surface area (Å²) in [6, 6.07) is 0. The summed E-state index contributed by atoms with van der Waals surface area (Å²) in [5.74, 6) is 0. The van der Waals surface area contributed by atoms with Crippen molar-refractivity contribution in [2.45, 2.75) is 4.82 Å². The van der Waals surface area contributed by atoms with Crippen LogP contribution in [-0.4, -0.2) is 16.0 Å². The van der Waals surface area contributed by atoms with E-state index in [0.29, 0.717) is 4.82 Å². The molecule has 0 heterocycles. The molecule has 0 N–H and O–H groups in total. The van der Waals surface area contributed by atoms with E-state index < -0.39 is 0 Å². The Morgan fingerprint density at radius 2 is 1.57 bits per heavy atom. The van der Waals surface area contributed by atoms with Crippen LogP contribution < -0.4 is 18.9 Å². The zero-order valence-electron chi connectivity index (χ0n) is 4.29. The van der Waals surface area contributed by atoms with Gasteiger partial charge >= 0.3 is 64.0 Å². The van der Waals surface area contributed by atoms with Crippen molar-refractivity contribution in [2.75, 3.05) is 0 Å². The minimum absolute atomic E-state index is 0. The fourth-order valence-electron chi connectivity index (χ4n) is 0.411. The Morgan fingerprint density at radius 3 is 1.71 bits per heavy atom. The molecular weight excluding hydrogens is 146 g/mol. The molecule has 0 saturated heterocycles. The first kappa shape index (κ1) is 7.60. The van der Waals surface area contributed by atoms with Crippen LogP contribution in [0.25, 0.3) is 0 Å². The summed E-state index contributed by atoms with van der Waals surface area (Å²) >= 11 is 2.97. The molecule has 32 valence electrons. The molecule has 1 aliphatic carbocycles. The van der Waals surface area contributed by atoms with E-state index in [-0.39, 0.29) is 18.9 Å². The van der Waals surface area contributed by atoms with E-state index in [0.717, 1.165) is 0 Å². The Bertz CT molecular complexity index is 84.3. The predicted molar refractivity (Wildman–Crippen MR) is 27.8 cm³/mol. The van der Waals surface area contributed by atoms with Crippen molar-refractivity contribution < 1.29 is 18.9 Å². The fourth-order valence-corrected chi connectivity index (χ4v) is 0.792. The van der Waals surface area contributed by atoms with Crippen molar-refractivity contribution in [3.05, 3.63) is 24.3 Å². The molecule has 7 heavy (non-hydrogen) atoms. The Balaban J connectivity index is 0.000000360. The Labute approximate surface area is 64.0 Å². The van der Waals surface area contributed by atoms with Crippen LogP contribution in [-0.2, 0) is 0 Å². The average Bonchev–Trinajstić information content (AvgIpc) is 1.86. The van der Waals surface area contributed by atoms with E-state index >= 15 is 0 Å². The second-order valence-corrected chi connectivity index (χ2v) is 2.38. The average molecular weight is 151 g/mol. The molecule has 2 heteroatoms. The van der Waals surface area contributed by atoms with Crippen molar-refractivity contribution in [2.24, 2.45) is 0 Å². The van der Waals surface area contributed by atoms with Crippen LogP contribution in [0.4, 0.5) is 0 Å². The molecule has 0 saturated carbocycles. The molecule has 0 fully saturated rings. The van der Waals surface area contributed by atoms with Gasteiger partial charge in [-0.2, -0.15) is 0 Å². The zero-order valence-corrected chi connectivity index (χ0v) is 6.01. The molecule has 0 nitrogen and oxygen atoms in total. The monoisotopic (exact) mass is 152 g/mol. The molecule has 0 spiro atoms. The van der Waals surface area contributed by atoms with Gasteiger partial charge in [0.15, 0.2) is 0 Å². The molecule has 0 radical (unpaired) electrons. The number of rotatable bonds is 0. The van der Waals surface area contributed by atoms with Crippen molar-refractivity contribution in [3.63, 3.8) is 0 Å². The molecule has 0 bridgehead atoms. The van der Waals surface area contributed by atoms with Crippen LogP contribution >= 0.6 is 0 Å². The molecule has 1 rings (SSSR count). The fraction of sp³-hybridized carbons (Fsp3) is 0.200. The van der Waals surface area contributed by atoms with E-state index in [1.807, 2.05) is 12.2 Å². The van der Waals surface area contributed by atoms with Gasteiger partial charge in [0.05, 0.1) is 0 Å². The second kappa shape index (κ2) is 3.58. The van der Waals surface area contributed by atoms with Gasteiger partial charge in [0.1, 0.15) is 0 Å². The summed E-state index contributed by atoms with van der Waals surface area (Å²) < 4.78 is 0. The molecule has 0 atom stereocenters. The maximum atomic E-state index is 2.97. The quantitative estimate of drug-likeness (QED) is 0.354. The summed E-state index contributed by atoms with van der Waals surface area (Å²) in [6.45, 7) is 0. The Morgan fingerprint density at radius 1 is 1.14 bits per heavy atom. The van der Waals surface area contributed by atoms with Gasteiger partial charge in [-0.1, -0.05) is 0 Å². The molecule has 0 aromatic rings. The van der Waals surface area contributed by atoms with Gasteiger partial charge in [-0.05, 0) is 0 Å². The van der Waals surface area contributed by atoms with Gasteiger partial charge in [0.2, 0.25) is 0 Å². The maximum absolute atomic E-state index is 2.97. The predicted octanol–water partition coefficient (Wildman–Crippen LogP) is -1.93. The normalized spacial score (nSPS) is 17.3. The molecule has 0 amide bonds. The first-order chi connectivity index (χ1) is 2.89. The second-order valence-electron chi connectivity index (χ2n) is 1.23. The third-order valence-corrected chi connectivity index (χ3v) is 1.37. The number of allylic oxidation sites excluding steroid dienone is 4. The molecule has 0 aromatic carbocycles. The Kier molecular flexibility index (Phi) is 3.89. The zero-order chi connectivity index (χ0) is 4.41. The van der Waals surface area contributed by atoms with E-state index in [4.69, 9.17) is 0 Å². The molecule has 0 unspecified atom stereocenters. The van der Waals surface area contributed by atoms with Crippen LogP contribution in [0.2, 0.25) is 4.82 Å². The summed E-state index contributed by atoms with van der Waals surface area (Å²) in [6.07, 6.45) is 8.31. The molecular formula is C5H5LiSe.